The molecule has 3 N–H and O–H groups in total. The van der Waals surface area contributed by atoms with Crippen molar-refractivity contribution >= 4 is 23.5 Å². The van der Waals surface area contributed by atoms with Crippen molar-refractivity contribution in [2.75, 3.05) is 31.2 Å². The smallest absolute Gasteiger partial charge is 0.414 e. The van der Waals surface area contributed by atoms with Crippen LogP contribution in [0.5, 0.6) is 11.8 Å². The van der Waals surface area contributed by atoms with Crippen molar-refractivity contribution in [2.45, 2.75) is 38.8 Å². The molecule has 3 aliphatic heterocycles. The quantitative estimate of drug-likeness (QED) is 0.195. The molecule has 2 atom stereocenters. The van der Waals surface area contributed by atoms with Gasteiger partial charge in [-0.3, -0.25) is 19.3 Å². The first-order valence-electron chi connectivity index (χ1n) is 14.4. The van der Waals surface area contributed by atoms with Crippen LogP contribution in [0.1, 0.15) is 18.1 Å². The Morgan fingerprint density at radius 3 is 2.76 bits per heavy atom. The van der Waals surface area contributed by atoms with Gasteiger partial charge in [0.2, 0.25) is 5.91 Å². The Labute approximate surface area is 261 Å². The maximum absolute atomic E-state index is 14.8. The second kappa shape index (κ2) is 13.3. The van der Waals surface area contributed by atoms with E-state index in [1.54, 1.807) is 10.6 Å². The summed E-state index contributed by atoms with van der Waals surface area (Å²) in [5, 5.41) is 15.4. The van der Waals surface area contributed by atoms with Crippen molar-refractivity contribution < 1.29 is 37.9 Å². The lowest BCUT2D eigenvalue weighted by molar-refractivity contribution is -0.389. The predicted molar refractivity (Wildman–Crippen MR) is 157 cm³/mol. The molecule has 0 saturated carbocycles. The summed E-state index contributed by atoms with van der Waals surface area (Å²) >= 11 is 0. The number of nitro groups is 1. The Kier molecular flexibility index (Phi) is 8.84. The fourth-order valence-electron chi connectivity index (χ4n) is 4.99. The number of amides is 2. The molecule has 16 nitrogen and oxygen atoms in total. The van der Waals surface area contributed by atoms with Crippen LogP contribution >= 0.6 is 0 Å². The number of benzene rings is 2. The highest BCUT2D eigenvalue weighted by Gasteiger charge is 2.33. The van der Waals surface area contributed by atoms with Crippen LogP contribution in [0, 0.1) is 15.9 Å². The van der Waals surface area contributed by atoms with Crippen molar-refractivity contribution in [3.05, 3.63) is 87.6 Å². The van der Waals surface area contributed by atoms with Crippen LogP contribution in [0.2, 0.25) is 0 Å². The van der Waals surface area contributed by atoms with E-state index in [4.69, 9.17) is 18.9 Å². The van der Waals surface area contributed by atoms with Crippen molar-refractivity contribution in [2.24, 2.45) is 0 Å². The Balaban J connectivity index is 0.946. The van der Waals surface area contributed by atoms with E-state index >= 15 is 0 Å². The van der Waals surface area contributed by atoms with Gasteiger partial charge in [0, 0.05) is 24.2 Å². The number of aromatic nitrogens is 2. The average Bonchev–Trinajstić information content (AvgIpc) is 3.77. The molecule has 17 heteroatoms. The molecule has 0 radical (unpaired) electrons. The summed E-state index contributed by atoms with van der Waals surface area (Å²) in [6.07, 6.45) is 1.75. The lowest BCUT2D eigenvalue weighted by atomic mass is 10.1. The standard InChI is InChI=1S/C29H31FN8O8/c1-18(39)31-9-23-13-37(29(40)46-23)22-6-7-26(25(30)8-22)44-16-21-11-36(34-33-21)10-19-2-4-20(5-3-19)15-43-24-12-35-14-27(38(41)42)32-28(35)45-17-24/h2-8,11,14,23-24,33-34H,9-10,12-13,15-17H2,1H3,(H,31,39)/t23-,24-/m0/s1. The Hall–Kier alpha value is -5.42. The number of ether oxygens (including phenoxy) is 4. The molecule has 1 saturated heterocycles. The summed E-state index contributed by atoms with van der Waals surface area (Å²) in [6.45, 7) is 3.37. The summed E-state index contributed by atoms with van der Waals surface area (Å²) in [4.78, 5) is 38.9. The molecular weight excluding hydrogens is 607 g/mol. The molecule has 3 aromatic rings. The number of fused-ring (bicyclic) bond motifs is 1. The average molecular weight is 639 g/mol. The number of nitrogens with one attached hydrogen (secondary N) is 3. The fourth-order valence-corrected chi connectivity index (χ4v) is 4.99. The molecule has 46 heavy (non-hydrogen) atoms. The number of carbonyl (C=O) groups excluding carboxylic acids is 2. The molecule has 0 unspecified atom stereocenters. The predicted octanol–water partition coefficient (Wildman–Crippen LogP) is 2.11. The molecular formula is C29H31FN8O8. The zero-order chi connectivity index (χ0) is 32.2. The Morgan fingerprint density at radius 2 is 2.00 bits per heavy atom. The van der Waals surface area contributed by atoms with E-state index in [1.165, 1.54) is 30.2 Å². The summed E-state index contributed by atoms with van der Waals surface area (Å²) in [6, 6.07) is 12.3. The second-order valence-corrected chi connectivity index (χ2v) is 10.8. The highest BCUT2D eigenvalue weighted by atomic mass is 19.1. The first-order valence-corrected chi connectivity index (χ1v) is 14.4. The van der Waals surface area contributed by atoms with Gasteiger partial charge in [0.05, 0.1) is 44.2 Å². The molecule has 0 aliphatic carbocycles. The van der Waals surface area contributed by atoms with Crippen molar-refractivity contribution in [1.29, 1.82) is 0 Å². The number of anilines is 1. The Bertz CT molecular complexity index is 1650. The van der Waals surface area contributed by atoms with Crippen molar-refractivity contribution in [3.63, 3.8) is 0 Å². The molecule has 2 amide bonds. The van der Waals surface area contributed by atoms with Crippen LogP contribution < -0.4 is 30.7 Å². The van der Waals surface area contributed by atoms with Gasteiger partial charge in [-0.15, -0.1) is 5.53 Å². The van der Waals surface area contributed by atoms with E-state index < -0.39 is 22.9 Å². The second-order valence-electron chi connectivity index (χ2n) is 10.8. The maximum Gasteiger partial charge on any atom is 0.414 e. The monoisotopic (exact) mass is 638 g/mol. The number of hydrogen-bond acceptors (Lipinski definition) is 12. The molecule has 2 aromatic carbocycles. The van der Waals surface area contributed by atoms with E-state index in [9.17, 15) is 24.1 Å². The van der Waals surface area contributed by atoms with Gasteiger partial charge < -0.3 is 39.8 Å². The lowest BCUT2D eigenvalue weighted by Crippen LogP contribution is -2.36. The van der Waals surface area contributed by atoms with Crippen LogP contribution in [0.4, 0.5) is 20.7 Å². The number of nitrogens with zero attached hydrogens (tertiary/aromatic N) is 5. The van der Waals surface area contributed by atoms with Crippen LogP contribution in [0.15, 0.2) is 60.6 Å². The number of rotatable bonds is 12. The van der Waals surface area contributed by atoms with E-state index in [2.05, 4.69) is 21.3 Å². The largest absolute Gasteiger partial charge is 0.484 e. The minimum Gasteiger partial charge on any atom is -0.484 e. The molecule has 242 valence electrons. The van der Waals surface area contributed by atoms with Gasteiger partial charge >= 0.3 is 17.9 Å². The topological polar surface area (TPSA) is 175 Å². The molecule has 6 rings (SSSR count). The van der Waals surface area contributed by atoms with Gasteiger partial charge in [-0.05, 0) is 28.2 Å². The van der Waals surface area contributed by atoms with Crippen LogP contribution in [0.25, 0.3) is 0 Å². The minimum absolute atomic E-state index is 0.0247. The van der Waals surface area contributed by atoms with Gasteiger partial charge in [-0.1, -0.05) is 24.3 Å². The van der Waals surface area contributed by atoms with E-state index in [1.807, 2.05) is 35.5 Å². The van der Waals surface area contributed by atoms with Gasteiger partial charge in [-0.2, -0.15) is 0 Å². The van der Waals surface area contributed by atoms with E-state index in [0.717, 1.165) is 11.1 Å². The molecule has 0 spiro atoms. The highest BCUT2D eigenvalue weighted by Crippen LogP contribution is 2.28. The summed E-state index contributed by atoms with van der Waals surface area (Å²) in [5.41, 5.74) is 9.01. The fraction of sp³-hybridized carbons (Fsp3) is 0.345. The summed E-state index contributed by atoms with van der Waals surface area (Å²) < 4.78 is 38.7. The number of hydrogen-bond donors (Lipinski definition) is 3. The number of imidazole rings is 1. The number of cyclic esters (lactones) is 1. The van der Waals surface area contributed by atoms with Crippen LogP contribution in [-0.2, 0) is 34.0 Å². The molecule has 1 fully saturated rings. The molecule has 4 heterocycles. The summed E-state index contributed by atoms with van der Waals surface area (Å²) in [7, 11) is 0. The summed E-state index contributed by atoms with van der Waals surface area (Å²) in [5.74, 6) is -1.09. The molecule has 0 bridgehead atoms. The third-order valence-corrected chi connectivity index (χ3v) is 7.31. The zero-order valence-electron chi connectivity index (χ0n) is 24.7. The van der Waals surface area contributed by atoms with Crippen molar-refractivity contribution in [1.82, 2.24) is 30.8 Å². The maximum atomic E-state index is 14.8. The molecule has 1 aromatic heterocycles. The van der Waals surface area contributed by atoms with E-state index in [0.29, 0.717) is 31.1 Å². The number of halogens is 1. The van der Waals surface area contributed by atoms with Gasteiger partial charge in [0.15, 0.2) is 11.6 Å². The number of carbonyl (C=O) groups is 2. The SMILES string of the molecule is CC(=O)NC[C@H]1CN(c2ccc(OCC3=CN(Cc4ccc(CO[C@@H]5COc6nc([N+](=O)[O-])cn6C5)cc4)NN3)c(F)c2)C(=O)O1. The van der Waals surface area contributed by atoms with Gasteiger partial charge in [0.25, 0.3) is 0 Å². The zero-order valence-corrected chi connectivity index (χ0v) is 24.7. The molecule has 3 aliphatic rings. The van der Waals surface area contributed by atoms with E-state index in [-0.39, 0.29) is 55.9 Å². The highest BCUT2D eigenvalue weighted by molar-refractivity contribution is 5.90. The van der Waals surface area contributed by atoms with Crippen LogP contribution in [0.3, 0.4) is 0 Å². The normalized spacial score (nSPS) is 18.7. The first kappa shape index (κ1) is 30.6. The van der Waals surface area contributed by atoms with Gasteiger partial charge in [-0.25, -0.2) is 9.18 Å². The lowest BCUT2D eigenvalue weighted by Gasteiger charge is -2.22. The minimum atomic E-state index is -0.630. The Morgan fingerprint density at radius 1 is 1.20 bits per heavy atom. The number of hydrazine groups is 2. The first-order chi connectivity index (χ1) is 22.2. The van der Waals surface area contributed by atoms with Gasteiger partial charge in [0.1, 0.15) is 31.6 Å². The van der Waals surface area contributed by atoms with Crippen molar-refractivity contribution in [3.8, 4) is 11.8 Å². The third-order valence-electron chi connectivity index (χ3n) is 7.31. The van der Waals surface area contributed by atoms with Crippen LogP contribution in [-0.4, -0.2) is 70.0 Å². The third kappa shape index (κ3) is 7.27.